The zero-order chi connectivity index (χ0) is 20.9. The quantitative estimate of drug-likeness (QED) is 0.743. The molecule has 1 aromatic rings. The molecular weight excluding hydrogens is 376 g/mol. The minimum absolute atomic E-state index is 0.0616. The second-order valence-corrected chi connectivity index (χ2v) is 10.2. The van der Waals surface area contributed by atoms with Gasteiger partial charge in [-0.15, -0.1) is 0 Å². The molecule has 1 N–H and O–H groups in total. The van der Waals surface area contributed by atoms with Gasteiger partial charge in [-0.25, -0.2) is 4.79 Å². The topological polar surface area (TPSA) is 60.5 Å². The summed E-state index contributed by atoms with van der Waals surface area (Å²) >= 11 is 0. The number of carbonyl (C=O) groups excluding carboxylic acids is 1. The summed E-state index contributed by atoms with van der Waals surface area (Å²) in [6, 6.07) is 2.16. The van der Waals surface area contributed by atoms with Crippen molar-refractivity contribution in [2.45, 2.75) is 65.4 Å². The molecule has 1 amide bonds. The van der Waals surface area contributed by atoms with Gasteiger partial charge in [-0.3, -0.25) is 4.98 Å². The lowest BCUT2D eigenvalue weighted by Gasteiger charge is -2.57. The Morgan fingerprint density at radius 2 is 2.07 bits per heavy atom. The number of carbonyl (C=O) groups is 1. The molecule has 0 aromatic carbocycles. The van der Waals surface area contributed by atoms with E-state index >= 15 is 0 Å². The third kappa shape index (κ3) is 2.96. The lowest BCUT2D eigenvalue weighted by Crippen LogP contribution is -2.53. The average Bonchev–Trinajstić information content (AvgIpc) is 2.99. The Bertz CT molecular complexity index is 868. The molecule has 1 aromatic heterocycles. The van der Waals surface area contributed by atoms with Gasteiger partial charge in [-0.1, -0.05) is 19.9 Å². The zero-order valence-electron chi connectivity index (χ0n) is 18.4. The van der Waals surface area contributed by atoms with Crippen LogP contribution in [-0.4, -0.2) is 30.3 Å². The molecule has 4 aliphatic rings. The molecule has 30 heavy (non-hydrogen) atoms. The van der Waals surface area contributed by atoms with Crippen molar-refractivity contribution in [1.29, 1.82) is 0 Å². The normalized spacial score (nSPS) is 40.1. The largest absolute Gasteiger partial charge is 0.492 e. The van der Waals surface area contributed by atoms with Crippen LogP contribution in [0.3, 0.4) is 0 Å². The molecule has 5 rings (SSSR count). The SMILES string of the molecule is CCOc1cncc(C2=CC[C@H]3[C@@H]4CCC5OC(=O)NCC[C@]5(C)[C@H]4CC[C@]23C)c1. The fraction of sp³-hybridized carbons (Fsp3) is 0.680. The number of nitrogens with one attached hydrogen (secondary N) is 1. The highest BCUT2D eigenvalue weighted by molar-refractivity contribution is 5.73. The van der Waals surface area contributed by atoms with Gasteiger partial charge in [0.15, 0.2) is 0 Å². The number of nitrogens with zero attached hydrogens (tertiary/aromatic N) is 1. The van der Waals surface area contributed by atoms with Crippen molar-refractivity contribution in [3.63, 3.8) is 0 Å². The number of rotatable bonds is 3. The maximum absolute atomic E-state index is 12.0. The summed E-state index contributed by atoms with van der Waals surface area (Å²) in [5.74, 6) is 2.84. The van der Waals surface area contributed by atoms with Gasteiger partial charge in [-0.05, 0) is 85.8 Å². The van der Waals surface area contributed by atoms with E-state index in [1.165, 1.54) is 24.0 Å². The van der Waals surface area contributed by atoms with Gasteiger partial charge in [-0.2, -0.15) is 0 Å². The number of pyridine rings is 1. The molecule has 0 spiro atoms. The van der Waals surface area contributed by atoms with Crippen molar-refractivity contribution in [2.75, 3.05) is 13.2 Å². The van der Waals surface area contributed by atoms with Gasteiger partial charge in [0, 0.05) is 18.2 Å². The van der Waals surface area contributed by atoms with Crippen molar-refractivity contribution in [1.82, 2.24) is 10.3 Å². The van der Waals surface area contributed by atoms with Crippen LogP contribution in [0.2, 0.25) is 0 Å². The van der Waals surface area contributed by atoms with E-state index in [0.29, 0.717) is 24.4 Å². The van der Waals surface area contributed by atoms with Crippen molar-refractivity contribution < 1.29 is 14.3 Å². The molecule has 5 nitrogen and oxygen atoms in total. The second-order valence-electron chi connectivity index (χ2n) is 10.2. The third-order valence-corrected chi connectivity index (χ3v) is 8.88. The lowest BCUT2D eigenvalue weighted by molar-refractivity contribution is -0.113. The van der Waals surface area contributed by atoms with Crippen LogP contribution in [0.4, 0.5) is 4.79 Å². The molecule has 1 aliphatic heterocycles. The van der Waals surface area contributed by atoms with Crippen LogP contribution in [0.5, 0.6) is 5.75 Å². The predicted molar refractivity (Wildman–Crippen MR) is 116 cm³/mol. The van der Waals surface area contributed by atoms with E-state index in [0.717, 1.165) is 38.0 Å². The molecule has 0 radical (unpaired) electrons. The number of hydrogen-bond donors (Lipinski definition) is 1. The number of alkyl carbamates (subject to hydrolysis) is 1. The number of fused-ring (bicyclic) bond motifs is 5. The van der Waals surface area contributed by atoms with Crippen LogP contribution < -0.4 is 10.1 Å². The van der Waals surface area contributed by atoms with Gasteiger partial charge >= 0.3 is 6.09 Å². The highest BCUT2D eigenvalue weighted by atomic mass is 16.6. The van der Waals surface area contributed by atoms with Gasteiger partial charge in [0.25, 0.3) is 0 Å². The summed E-state index contributed by atoms with van der Waals surface area (Å²) in [4.78, 5) is 16.4. The van der Waals surface area contributed by atoms with Gasteiger partial charge in [0.05, 0.1) is 12.8 Å². The van der Waals surface area contributed by atoms with E-state index < -0.39 is 0 Å². The standard InChI is InChI=1S/C25H34N2O3/c1-4-29-17-13-16(14-26-15-17)19-6-7-20-18-5-8-22-25(3,11-12-27-23(28)30-22)21(18)9-10-24(19,20)2/h6,13-15,18,20-22H,4-5,7-12H2,1-3H3,(H,27,28)/t18-,20-,21-,22?,24+,25+/m0/s1. The van der Waals surface area contributed by atoms with Crippen molar-refractivity contribution >= 4 is 11.7 Å². The first-order valence-electron chi connectivity index (χ1n) is 11.7. The van der Waals surface area contributed by atoms with E-state index in [-0.39, 0.29) is 23.0 Å². The van der Waals surface area contributed by atoms with Gasteiger partial charge in [0.2, 0.25) is 0 Å². The molecule has 0 bridgehead atoms. The molecule has 3 aliphatic carbocycles. The first-order valence-corrected chi connectivity index (χ1v) is 11.7. The Kier molecular flexibility index (Phi) is 4.83. The predicted octanol–water partition coefficient (Wildman–Crippen LogP) is 5.21. The first kappa shape index (κ1) is 19.9. The first-order chi connectivity index (χ1) is 14.5. The maximum atomic E-state index is 12.0. The van der Waals surface area contributed by atoms with Crippen LogP contribution in [0.25, 0.3) is 5.57 Å². The summed E-state index contributed by atoms with van der Waals surface area (Å²) in [5.41, 5.74) is 2.96. The Balaban J connectivity index is 1.42. The van der Waals surface area contributed by atoms with Gasteiger partial charge < -0.3 is 14.8 Å². The monoisotopic (exact) mass is 410 g/mol. The highest BCUT2D eigenvalue weighted by Gasteiger charge is 2.59. The third-order valence-electron chi connectivity index (χ3n) is 8.88. The number of ether oxygens (including phenoxy) is 2. The second kappa shape index (κ2) is 7.28. The Morgan fingerprint density at radius 3 is 2.90 bits per heavy atom. The molecule has 162 valence electrons. The lowest BCUT2D eigenvalue weighted by atomic mass is 9.48. The summed E-state index contributed by atoms with van der Waals surface area (Å²) in [6.45, 7) is 8.26. The molecule has 6 atom stereocenters. The van der Waals surface area contributed by atoms with Crippen LogP contribution in [0.1, 0.15) is 64.9 Å². The molecular formula is C25H34N2O3. The summed E-state index contributed by atoms with van der Waals surface area (Å²) in [5, 5.41) is 2.93. The summed E-state index contributed by atoms with van der Waals surface area (Å²) in [7, 11) is 0. The molecule has 1 unspecified atom stereocenters. The zero-order valence-corrected chi connectivity index (χ0v) is 18.4. The van der Waals surface area contributed by atoms with Crippen LogP contribution >= 0.6 is 0 Å². The van der Waals surface area contributed by atoms with Crippen LogP contribution in [-0.2, 0) is 4.74 Å². The van der Waals surface area contributed by atoms with E-state index in [1.807, 2.05) is 19.3 Å². The minimum atomic E-state index is -0.227. The fourth-order valence-corrected chi connectivity index (χ4v) is 7.39. The Labute approximate surface area is 179 Å². The Morgan fingerprint density at radius 1 is 1.20 bits per heavy atom. The smallest absolute Gasteiger partial charge is 0.407 e. The number of amides is 1. The van der Waals surface area contributed by atoms with E-state index in [4.69, 9.17) is 9.47 Å². The highest BCUT2D eigenvalue weighted by Crippen LogP contribution is 2.65. The minimum Gasteiger partial charge on any atom is -0.492 e. The van der Waals surface area contributed by atoms with E-state index in [9.17, 15) is 4.79 Å². The molecule has 5 heteroatoms. The number of hydrogen-bond acceptors (Lipinski definition) is 4. The van der Waals surface area contributed by atoms with Gasteiger partial charge in [0.1, 0.15) is 11.9 Å². The van der Waals surface area contributed by atoms with E-state index in [1.54, 1.807) is 0 Å². The van der Waals surface area contributed by atoms with Crippen LogP contribution in [0, 0.1) is 28.6 Å². The van der Waals surface area contributed by atoms with Crippen molar-refractivity contribution in [2.24, 2.45) is 28.6 Å². The number of allylic oxidation sites excluding steroid dienone is 2. The molecule has 1 saturated heterocycles. The molecule has 2 heterocycles. The van der Waals surface area contributed by atoms with E-state index in [2.05, 4.69) is 36.3 Å². The van der Waals surface area contributed by atoms with Crippen molar-refractivity contribution in [3.05, 3.63) is 30.1 Å². The average molecular weight is 411 g/mol. The Hall–Kier alpha value is -2.04. The summed E-state index contributed by atoms with van der Waals surface area (Å²) in [6.07, 6.45) is 12.8. The molecule has 3 fully saturated rings. The number of aromatic nitrogens is 1. The summed E-state index contributed by atoms with van der Waals surface area (Å²) < 4.78 is 11.6. The molecule has 2 saturated carbocycles. The van der Waals surface area contributed by atoms with Crippen molar-refractivity contribution in [3.8, 4) is 5.75 Å². The fourth-order valence-electron chi connectivity index (χ4n) is 7.39. The van der Waals surface area contributed by atoms with Crippen LogP contribution in [0.15, 0.2) is 24.5 Å². The maximum Gasteiger partial charge on any atom is 0.407 e.